The molecule has 2 atom stereocenters. The highest BCUT2D eigenvalue weighted by Gasteiger charge is 2.37. The molecule has 0 saturated carbocycles. The highest BCUT2D eigenvalue weighted by Crippen LogP contribution is 2.36. The van der Waals surface area contributed by atoms with E-state index in [2.05, 4.69) is 33.9 Å². The molecule has 0 spiro atoms. The van der Waals surface area contributed by atoms with E-state index >= 15 is 0 Å². The summed E-state index contributed by atoms with van der Waals surface area (Å²) in [6, 6.07) is 0. The van der Waals surface area contributed by atoms with Gasteiger partial charge in [-0.2, -0.15) is 0 Å². The number of rotatable bonds is 5. The normalized spacial score (nSPS) is 26.4. The van der Waals surface area contributed by atoms with E-state index in [-0.39, 0.29) is 23.9 Å². The van der Waals surface area contributed by atoms with Gasteiger partial charge in [0.15, 0.2) is 8.32 Å². The molecule has 0 amide bonds. The van der Waals surface area contributed by atoms with Crippen LogP contribution in [0.3, 0.4) is 0 Å². The van der Waals surface area contributed by atoms with Crippen LogP contribution in [0, 0.1) is 0 Å². The summed E-state index contributed by atoms with van der Waals surface area (Å²) >= 11 is 0. The van der Waals surface area contributed by atoms with Crippen LogP contribution < -0.4 is 0 Å². The summed E-state index contributed by atoms with van der Waals surface area (Å²) in [5.41, 5.74) is 0. The number of aliphatic hydroxyl groups is 1. The summed E-state index contributed by atoms with van der Waals surface area (Å²) in [5, 5.41) is 9.04. The first-order chi connectivity index (χ1) is 7.28. The van der Waals surface area contributed by atoms with Crippen LogP contribution in [0.25, 0.3) is 0 Å². The quantitative estimate of drug-likeness (QED) is 0.458. The lowest BCUT2D eigenvalue weighted by Gasteiger charge is -2.35. The van der Waals surface area contributed by atoms with Gasteiger partial charge in [0.25, 0.3) is 0 Å². The van der Waals surface area contributed by atoms with Crippen LogP contribution in [0.4, 0.5) is 0 Å². The van der Waals surface area contributed by atoms with Crippen LogP contribution >= 0.6 is 0 Å². The van der Waals surface area contributed by atoms with Gasteiger partial charge in [-0.05, 0) is 18.1 Å². The van der Waals surface area contributed by atoms with Gasteiger partial charge in [-0.1, -0.05) is 32.9 Å². The Balaban J connectivity index is 2.25. The van der Waals surface area contributed by atoms with E-state index in [9.17, 15) is 0 Å². The molecule has 1 saturated heterocycles. The Hall–Kier alpha value is -0.163. The Morgan fingerprint density at radius 1 is 1.38 bits per heavy atom. The van der Waals surface area contributed by atoms with Gasteiger partial charge in [0.05, 0.1) is 13.2 Å². The van der Waals surface area contributed by atoms with E-state index < -0.39 is 8.32 Å². The standard InChI is InChI=1S/C12H24O3Si/c1-12(2,3)16(4,5)14-8-6-7-10-11(9-13)15-10/h6-7,10-11,13H,8-9H2,1-5H3/b7-6+. The summed E-state index contributed by atoms with van der Waals surface area (Å²) in [4.78, 5) is 0. The van der Waals surface area contributed by atoms with Crippen molar-refractivity contribution >= 4 is 8.32 Å². The smallest absolute Gasteiger partial charge is 0.192 e. The molecular weight excluding hydrogens is 220 g/mol. The molecule has 16 heavy (non-hydrogen) atoms. The van der Waals surface area contributed by atoms with Crippen molar-refractivity contribution in [2.24, 2.45) is 0 Å². The minimum atomic E-state index is -1.62. The van der Waals surface area contributed by atoms with Crippen molar-refractivity contribution in [2.45, 2.75) is 51.1 Å². The number of aliphatic hydroxyl groups excluding tert-OH is 1. The second kappa shape index (κ2) is 5.00. The van der Waals surface area contributed by atoms with Crippen molar-refractivity contribution in [3.05, 3.63) is 12.2 Å². The maximum atomic E-state index is 8.79. The van der Waals surface area contributed by atoms with Gasteiger partial charge in [0.1, 0.15) is 12.2 Å². The molecule has 1 heterocycles. The third-order valence-electron chi connectivity index (χ3n) is 3.47. The largest absolute Gasteiger partial charge is 0.413 e. The zero-order valence-corrected chi connectivity index (χ0v) is 12.0. The Morgan fingerprint density at radius 2 is 2.00 bits per heavy atom. The SMILES string of the molecule is CC(C)(C)[Si](C)(C)OC/C=C/C1OC1CO. The monoisotopic (exact) mass is 244 g/mol. The molecule has 4 heteroatoms. The van der Waals surface area contributed by atoms with Gasteiger partial charge in [-0.15, -0.1) is 0 Å². The minimum Gasteiger partial charge on any atom is -0.413 e. The number of epoxide rings is 1. The van der Waals surface area contributed by atoms with Crippen LogP contribution in [0.1, 0.15) is 20.8 Å². The first kappa shape index (κ1) is 13.9. The van der Waals surface area contributed by atoms with E-state index in [0.29, 0.717) is 6.61 Å². The van der Waals surface area contributed by atoms with E-state index in [0.717, 1.165) is 0 Å². The molecule has 1 aliphatic heterocycles. The fourth-order valence-electron chi connectivity index (χ4n) is 1.14. The van der Waals surface area contributed by atoms with Gasteiger partial charge in [-0.3, -0.25) is 0 Å². The molecule has 1 fully saturated rings. The maximum absolute atomic E-state index is 8.79. The second-order valence-electron chi connectivity index (χ2n) is 5.82. The Bertz CT molecular complexity index is 255. The molecule has 0 aromatic heterocycles. The first-order valence-electron chi connectivity index (χ1n) is 5.85. The molecule has 0 radical (unpaired) electrons. The minimum absolute atomic E-state index is 0.0177. The van der Waals surface area contributed by atoms with Crippen LogP contribution in [0.15, 0.2) is 12.2 Å². The molecule has 1 aliphatic rings. The Labute approximate surface area is 99.6 Å². The van der Waals surface area contributed by atoms with Gasteiger partial charge in [-0.25, -0.2) is 0 Å². The van der Waals surface area contributed by atoms with E-state index in [1.165, 1.54) is 0 Å². The lowest BCUT2D eigenvalue weighted by molar-refractivity contribution is 0.243. The van der Waals surface area contributed by atoms with Gasteiger partial charge in [0, 0.05) is 0 Å². The second-order valence-corrected chi connectivity index (χ2v) is 10.6. The van der Waals surface area contributed by atoms with Crippen LogP contribution in [0.5, 0.6) is 0 Å². The summed E-state index contributed by atoms with van der Waals surface area (Å²) in [6.45, 7) is 11.9. The third-order valence-corrected chi connectivity index (χ3v) is 7.97. The van der Waals surface area contributed by atoms with Gasteiger partial charge < -0.3 is 14.3 Å². The highest BCUT2D eigenvalue weighted by atomic mass is 28.4. The van der Waals surface area contributed by atoms with Gasteiger partial charge in [0.2, 0.25) is 0 Å². The van der Waals surface area contributed by atoms with Crippen LogP contribution in [-0.2, 0) is 9.16 Å². The van der Waals surface area contributed by atoms with Crippen LogP contribution in [0.2, 0.25) is 18.1 Å². The summed E-state index contributed by atoms with van der Waals surface area (Å²) < 4.78 is 11.2. The van der Waals surface area contributed by atoms with Crippen molar-refractivity contribution in [2.75, 3.05) is 13.2 Å². The molecule has 0 aliphatic carbocycles. The average molecular weight is 244 g/mol. The molecule has 1 N–H and O–H groups in total. The molecular formula is C12H24O3Si. The van der Waals surface area contributed by atoms with Crippen LogP contribution in [-0.4, -0.2) is 38.8 Å². The maximum Gasteiger partial charge on any atom is 0.192 e. The van der Waals surface area contributed by atoms with Crippen molar-refractivity contribution in [1.29, 1.82) is 0 Å². The fourth-order valence-corrected chi connectivity index (χ4v) is 2.08. The molecule has 0 aromatic rings. The van der Waals surface area contributed by atoms with E-state index in [1.54, 1.807) is 0 Å². The number of hydrogen-bond acceptors (Lipinski definition) is 3. The summed E-state index contributed by atoms with van der Waals surface area (Å²) in [6.07, 6.45) is 4.10. The Morgan fingerprint density at radius 3 is 2.44 bits per heavy atom. The van der Waals surface area contributed by atoms with Crippen molar-refractivity contribution < 1.29 is 14.3 Å². The Kier molecular flexibility index (Phi) is 4.34. The predicted molar refractivity (Wildman–Crippen MR) is 68.0 cm³/mol. The third kappa shape index (κ3) is 3.70. The highest BCUT2D eigenvalue weighted by molar-refractivity contribution is 6.74. The average Bonchev–Trinajstić information content (AvgIpc) is 2.89. The van der Waals surface area contributed by atoms with Crippen molar-refractivity contribution in [1.82, 2.24) is 0 Å². The lowest BCUT2D eigenvalue weighted by atomic mass is 10.2. The first-order valence-corrected chi connectivity index (χ1v) is 8.76. The molecule has 3 nitrogen and oxygen atoms in total. The molecule has 0 aromatic carbocycles. The van der Waals surface area contributed by atoms with Crippen molar-refractivity contribution in [3.8, 4) is 0 Å². The number of ether oxygens (including phenoxy) is 1. The molecule has 1 rings (SSSR count). The topological polar surface area (TPSA) is 42.0 Å². The van der Waals surface area contributed by atoms with Gasteiger partial charge >= 0.3 is 0 Å². The van der Waals surface area contributed by atoms with E-state index in [1.807, 2.05) is 12.2 Å². The fraction of sp³-hybridized carbons (Fsp3) is 0.833. The zero-order valence-electron chi connectivity index (χ0n) is 11.0. The molecule has 94 valence electrons. The number of hydrogen-bond donors (Lipinski definition) is 1. The summed E-state index contributed by atoms with van der Waals surface area (Å²) in [5.74, 6) is 0. The molecule has 0 bridgehead atoms. The van der Waals surface area contributed by atoms with E-state index in [4.69, 9.17) is 14.3 Å². The molecule has 2 unspecified atom stereocenters. The van der Waals surface area contributed by atoms with Crippen molar-refractivity contribution in [3.63, 3.8) is 0 Å². The zero-order chi connectivity index (χ0) is 12.4. The lowest BCUT2D eigenvalue weighted by Crippen LogP contribution is -2.40. The summed E-state index contributed by atoms with van der Waals surface area (Å²) in [7, 11) is -1.62. The predicted octanol–water partition coefficient (Wildman–Crippen LogP) is 2.32.